The van der Waals surface area contributed by atoms with Gasteiger partial charge in [0.25, 0.3) is 5.56 Å². The number of fused-ring (bicyclic) bond motifs is 1. The van der Waals surface area contributed by atoms with Crippen LogP contribution in [0.15, 0.2) is 53.3 Å². The topological polar surface area (TPSA) is 92.2 Å². The summed E-state index contributed by atoms with van der Waals surface area (Å²) in [4.78, 5) is 21.1. The number of pyridine rings is 1. The Kier molecular flexibility index (Phi) is 6.33. The number of piperazine rings is 1. The molecule has 192 valence electrons. The molecule has 0 bridgehead atoms. The second-order valence-electron chi connectivity index (χ2n) is 9.83. The molecule has 2 fully saturated rings. The first-order valence-corrected chi connectivity index (χ1v) is 12.8. The Morgan fingerprint density at radius 3 is 2.51 bits per heavy atom. The number of benzene rings is 2. The van der Waals surface area contributed by atoms with Crippen LogP contribution >= 0.6 is 0 Å². The van der Waals surface area contributed by atoms with Crippen LogP contribution in [0.1, 0.15) is 49.2 Å². The quantitative estimate of drug-likeness (QED) is 0.429. The number of nitrogens with zero attached hydrogens (tertiary/aromatic N) is 6. The van der Waals surface area contributed by atoms with Crippen LogP contribution in [0.25, 0.3) is 10.9 Å². The summed E-state index contributed by atoms with van der Waals surface area (Å²) in [5.74, 6) is 1.16. The fourth-order valence-corrected chi connectivity index (χ4v) is 5.71. The maximum absolute atomic E-state index is 13.5. The molecule has 37 heavy (non-hydrogen) atoms. The number of hydrogen-bond donors (Lipinski definition) is 1. The molecule has 2 aromatic heterocycles. The van der Waals surface area contributed by atoms with Crippen LogP contribution in [0.5, 0.6) is 5.75 Å². The van der Waals surface area contributed by atoms with Gasteiger partial charge in [0.05, 0.1) is 18.7 Å². The fraction of sp³-hybridized carbons (Fsp3) is 0.407. The van der Waals surface area contributed by atoms with Gasteiger partial charge < -0.3 is 14.6 Å². The van der Waals surface area contributed by atoms with E-state index >= 15 is 0 Å². The zero-order valence-electron chi connectivity index (χ0n) is 20.8. The zero-order chi connectivity index (χ0) is 25.4. The number of ether oxygens (including phenoxy) is 1. The van der Waals surface area contributed by atoms with Crippen molar-refractivity contribution in [1.29, 1.82) is 0 Å². The van der Waals surface area contributed by atoms with Crippen molar-refractivity contribution in [3.63, 3.8) is 0 Å². The largest absolute Gasteiger partial charge is 0.497 e. The normalized spacial score (nSPS) is 17.9. The molecule has 0 spiro atoms. The second kappa shape index (κ2) is 9.93. The van der Waals surface area contributed by atoms with Gasteiger partial charge in [0.1, 0.15) is 17.6 Å². The van der Waals surface area contributed by atoms with Crippen LogP contribution in [0, 0.1) is 5.82 Å². The summed E-state index contributed by atoms with van der Waals surface area (Å²) in [7, 11) is 1.61. The van der Waals surface area contributed by atoms with Crippen LogP contribution in [0.4, 0.5) is 10.1 Å². The Morgan fingerprint density at radius 2 is 1.78 bits per heavy atom. The predicted octanol–water partition coefficient (Wildman–Crippen LogP) is 3.69. The molecule has 6 rings (SSSR count). The summed E-state index contributed by atoms with van der Waals surface area (Å²) in [6.07, 6.45) is 4.39. The van der Waals surface area contributed by atoms with Gasteiger partial charge in [-0.2, -0.15) is 0 Å². The third kappa shape index (κ3) is 4.57. The van der Waals surface area contributed by atoms with Crippen molar-refractivity contribution in [2.24, 2.45) is 0 Å². The molecule has 10 heteroatoms. The van der Waals surface area contributed by atoms with Crippen LogP contribution in [-0.4, -0.2) is 63.4 Å². The first-order valence-electron chi connectivity index (χ1n) is 12.8. The van der Waals surface area contributed by atoms with E-state index in [9.17, 15) is 9.18 Å². The molecule has 2 aromatic carbocycles. The highest BCUT2D eigenvalue weighted by Gasteiger charge is 2.34. The minimum absolute atomic E-state index is 0.160. The Bertz CT molecular complexity index is 1440. The first kappa shape index (κ1) is 23.6. The number of halogens is 1. The van der Waals surface area contributed by atoms with E-state index in [4.69, 9.17) is 4.74 Å². The lowest BCUT2D eigenvalue weighted by atomic mass is 10.0. The van der Waals surface area contributed by atoms with Gasteiger partial charge in [-0.1, -0.05) is 12.8 Å². The third-order valence-electron chi connectivity index (χ3n) is 7.68. The van der Waals surface area contributed by atoms with Gasteiger partial charge in [0, 0.05) is 43.5 Å². The second-order valence-corrected chi connectivity index (χ2v) is 9.83. The van der Waals surface area contributed by atoms with Crippen molar-refractivity contribution in [3.05, 3.63) is 76.1 Å². The van der Waals surface area contributed by atoms with Crippen LogP contribution in [-0.2, 0) is 0 Å². The van der Waals surface area contributed by atoms with E-state index in [0.29, 0.717) is 30.2 Å². The van der Waals surface area contributed by atoms with E-state index in [0.717, 1.165) is 55.4 Å². The summed E-state index contributed by atoms with van der Waals surface area (Å²) >= 11 is 0. The van der Waals surface area contributed by atoms with E-state index in [-0.39, 0.29) is 23.5 Å². The number of aromatic amines is 1. The van der Waals surface area contributed by atoms with E-state index in [2.05, 4.69) is 30.3 Å². The standard InChI is InChI=1S/C27H30FN7O2/c1-37-22-11-6-18-16-23(27(36)29-24(18)17-22)25(26-30-31-32-35(26)21-4-2-3-5-21)34-14-12-33(13-15-34)20-9-7-19(28)8-10-20/h6-11,16-17,21,25H,2-5,12-15H2,1H3,(H,29,36)/t25-/m0/s1. The molecule has 1 saturated heterocycles. The maximum atomic E-state index is 13.5. The number of rotatable bonds is 6. The number of tetrazole rings is 1. The summed E-state index contributed by atoms with van der Waals surface area (Å²) in [6.45, 7) is 2.91. The highest BCUT2D eigenvalue weighted by molar-refractivity contribution is 5.80. The summed E-state index contributed by atoms with van der Waals surface area (Å²) in [6, 6.07) is 14.1. The van der Waals surface area contributed by atoms with Crippen LogP contribution < -0.4 is 15.2 Å². The van der Waals surface area contributed by atoms with Crippen LogP contribution in [0.2, 0.25) is 0 Å². The van der Waals surface area contributed by atoms with Crippen molar-refractivity contribution in [2.45, 2.75) is 37.8 Å². The lowest BCUT2D eigenvalue weighted by Crippen LogP contribution is -2.49. The predicted molar refractivity (Wildman–Crippen MR) is 138 cm³/mol. The van der Waals surface area contributed by atoms with Crippen molar-refractivity contribution >= 4 is 16.6 Å². The van der Waals surface area contributed by atoms with E-state index in [1.165, 1.54) is 12.1 Å². The van der Waals surface area contributed by atoms with Gasteiger partial charge in [0.15, 0.2) is 5.82 Å². The highest BCUT2D eigenvalue weighted by Crippen LogP contribution is 2.34. The van der Waals surface area contributed by atoms with Crippen molar-refractivity contribution in [3.8, 4) is 5.75 Å². The van der Waals surface area contributed by atoms with Gasteiger partial charge in [-0.25, -0.2) is 9.07 Å². The first-order chi connectivity index (χ1) is 18.1. The molecule has 1 N–H and O–H groups in total. The van der Waals surface area contributed by atoms with Crippen molar-refractivity contribution < 1.29 is 9.13 Å². The molecule has 0 unspecified atom stereocenters. The molecule has 2 aliphatic rings. The average molecular weight is 504 g/mol. The molecular formula is C27H30FN7O2. The molecule has 4 aromatic rings. The van der Waals surface area contributed by atoms with Gasteiger partial charge in [-0.3, -0.25) is 9.69 Å². The molecule has 1 aliphatic carbocycles. The number of hydrogen-bond acceptors (Lipinski definition) is 7. The minimum atomic E-state index is -0.388. The summed E-state index contributed by atoms with van der Waals surface area (Å²) in [5.41, 5.74) is 2.18. The van der Waals surface area contributed by atoms with Gasteiger partial charge in [-0.05, 0) is 71.1 Å². The van der Waals surface area contributed by atoms with Gasteiger partial charge in [-0.15, -0.1) is 5.10 Å². The Balaban J connectivity index is 1.38. The summed E-state index contributed by atoms with van der Waals surface area (Å²) in [5, 5.41) is 13.8. The number of H-pyrrole nitrogens is 1. The Hall–Kier alpha value is -3.79. The molecule has 0 radical (unpaired) electrons. The molecule has 3 heterocycles. The number of anilines is 1. The number of nitrogens with one attached hydrogen (secondary N) is 1. The highest BCUT2D eigenvalue weighted by atomic mass is 19.1. The zero-order valence-corrected chi connectivity index (χ0v) is 20.8. The smallest absolute Gasteiger partial charge is 0.253 e. The average Bonchev–Trinajstić information content (AvgIpc) is 3.62. The lowest BCUT2D eigenvalue weighted by molar-refractivity contribution is 0.197. The molecule has 1 aliphatic heterocycles. The monoisotopic (exact) mass is 503 g/mol. The van der Waals surface area contributed by atoms with Gasteiger partial charge >= 0.3 is 0 Å². The molecular weight excluding hydrogens is 473 g/mol. The van der Waals surface area contributed by atoms with E-state index in [1.807, 2.05) is 41.1 Å². The summed E-state index contributed by atoms with van der Waals surface area (Å²) < 4.78 is 20.7. The third-order valence-corrected chi connectivity index (χ3v) is 7.68. The van der Waals surface area contributed by atoms with Crippen molar-refractivity contribution in [2.75, 3.05) is 38.2 Å². The van der Waals surface area contributed by atoms with Gasteiger partial charge in [0.2, 0.25) is 0 Å². The van der Waals surface area contributed by atoms with E-state index < -0.39 is 0 Å². The fourth-order valence-electron chi connectivity index (χ4n) is 5.71. The molecule has 1 saturated carbocycles. The molecule has 0 amide bonds. The minimum Gasteiger partial charge on any atom is -0.497 e. The molecule has 9 nitrogen and oxygen atoms in total. The van der Waals surface area contributed by atoms with Crippen molar-refractivity contribution in [1.82, 2.24) is 30.1 Å². The Labute approximate surface area is 213 Å². The van der Waals surface area contributed by atoms with E-state index in [1.54, 1.807) is 7.11 Å². The lowest BCUT2D eigenvalue weighted by Gasteiger charge is -2.39. The molecule has 1 atom stereocenters. The number of methoxy groups -OCH3 is 1. The maximum Gasteiger partial charge on any atom is 0.253 e. The SMILES string of the molecule is COc1ccc2cc([C@@H](c3nnnn3C3CCCC3)N3CCN(c4ccc(F)cc4)CC3)c(=O)[nH]c2c1. The number of aromatic nitrogens is 5. The Morgan fingerprint density at radius 1 is 1.03 bits per heavy atom. The van der Waals surface area contributed by atoms with Crippen LogP contribution in [0.3, 0.4) is 0 Å².